The minimum Gasteiger partial charge on any atom is -0.497 e. The van der Waals surface area contributed by atoms with Gasteiger partial charge >= 0.3 is 0 Å². The molecule has 3 aromatic rings. The number of nitriles is 1. The Kier molecular flexibility index (Phi) is 6.64. The van der Waals surface area contributed by atoms with Crippen molar-refractivity contribution in [3.63, 3.8) is 0 Å². The van der Waals surface area contributed by atoms with Gasteiger partial charge in [-0.15, -0.1) is 0 Å². The average Bonchev–Trinajstić information content (AvgIpc) is 2.89. The number of benzene rings is 2. The molecule has 1 saturated heterocycles. The van der Waals surface area contributed by atoms with E-state index in [0.717, 1.165) is 41.9 Å². The number of ether oxygens (including phenoxy) is 1. The number of piperidine rings is 1. The molecule has 0 saturated carbocycles. The molecule has 34 heavy (non-hydrogen) atoms. The zero-order valence-electron chi connectivity index (χ0n) is 18.5. The molecule has 1 aliphatic rings. The van der Waals surface area contributed by atoms with Crippen LogP contribution in [0.15, 0.2) is 54.9 Å². The van der Waals surface area contributed by atoms with Gasteiger partial charge in [0, 0.05) is 36.9 Å². The number of nitrogens with one attached hydrogen (secondary N) is 1. The van der Waals surface area contributed by atoms with Gasteiger partial charge in [0.1, 0.15) is 24.0 Å². The second kappa shape index (κ2) is 9.95. The Hall–Kier alpha value is -4.52. The third-order valence-electron chi connectivity index (χ3n) is 5.75. The molecule has 1 aromatic heterocycles. The number of carbonyl (C=O) groups is 1. The molecule has 1 atom stereocenters. The maximum atomic E-state index is 13.0. The van der Waals surface area contributed by atoms with Gasteiger partial charge in [-0.3, -0.25) is 14.9 Å². The normalized spacial score (nSPS) is 15.3. The van der Waals surface area contributed by atoms with E-state index in [9.17, 15) is 20.2 Å². The number of aromatic nitrogens is 2. The van der Waals surface area contributed by atoms with Crippen molar-refractivity contribution in [1.29, 1.82) is 5.26 Å². The maximum Gasteiger partial charge on any atom is 0.270 e. The topological polar surface area (TPSA) is 134 Å². The van der Waals surface area contributed by atoms with Crippen LogP contribution in [0.3, 0.4) is 0 Å². The molecule has 10 nitrogen and oxygen atoms in total. The zero-order chi connectivity index (χ0) is 24.1. The molecule has 2 aromatic carbocycles. The van der Waals surface area contributed by atoms with Crippen LogP contribution in [-0.2, 0) is 4.79 Å². The zero-order valence-corrected chi connectivity index (χ0v) is 18.5. The summed E-state index contributed by atoms with van der Waals surface area (Å²) in [6, 6.07) is 15.2. The van der Waals surface area contributed by atoms with E-state index in [1.807, 2.05) is 41.3 Å². The number of nitro groups is 1. The highest BCUT2D eigenvalue weighted by atomic mass is 16.6. The van der Waals surface area contributed by atoms with Crippen LogP contribution in [0.1, 0.15) is 18.4 Å². The molecule has 0 spiro atoms. The van der Waals surface area contributed by atoms with E-state index < -0.39 is 4.92 Å². The molecule has 0 radical (unpaired) electrons. The lowest BCUT2D eigenvalue weighted by Gasteiger charge is -2.33. The van der Waals surface area contributed by atoms with Crippen molar-refractivity contribution in [3.8, 4) is 23.1 Å². The summed E-state index contributed by atoms with van der Waals surface area (Å²) < 4.78 is 5.21. The van der Waals surface area contributed by atoms with E-state index in [1.54, 1.807) is 7.11 Å². The third-order valence-corrected chi connectivity index (χ3v) is 5.75. The second-order valence-corrected chi connectivity index (χ2v) is 7.86. The lowest BCUT2D eigenvalue weighted by molar-refractivity contribution is -0.384. The monoisotopic (exact) mass is 458 g/mol. The van der Waals surface area contributed by atoms with E-state index in [-0.39, 0.29) is 28.8 Å². The summed E-state index contributed by atoms with van der Waals surface area (Å²) in [5, 5.41) is 23.0. The first-order chi connectivity index (χ1) is 16.5. The predicted octanol–water partition coefficient (Wildman–Crippen LogP) is 3.79. The van der Waals surface area contributed by atoms with Crippen molar-refractivity contribution in [3.05, 3.63) is 70.5 Å². The van der Waals surface area contributed by atoms with Gasteiger partial charge in [0.15, 0.2) is 0 Å². The molecule has 1 amide bonds. The fourth-order valence-corrected chi connectivity index (χ4v) is 3.92. The summed E-state index contributed by atoms with van der Waals surface area (Å²) in [7, 11) is 1.61. The van der Waals surface area contributed by atoms with Crippen molar-refractivity contribution in [1.82, 2.24) is 9.97 Å². The second-order valence-electron chi connectivity index (χ2n) is 7.86. The Morgan fingerprint density at radius 2 is 2.03 bits per heavy atom. The number of non-ortho nitro benzene ring substituents is 1. The van der Waals surface area contributed by atoms with Crippen molar-refractivity contribution in [2.24, 2.45) is 5.92 Å². The maximum absolute atomic E-state index is 13.0. The predicted molar refractivity (Wildman–Crippen MR) is 125 cm³/mol. The van der Waals surface area contributed by atoms with E-state index in [1.165, 1.54) is 18.5 Å². The van der Waals surface area contributed by atoms with Crippen LogP contribution in [0.2, 0.25) is 0 Å². The van der Waals surface area contributed by atoms with Gasteiger partial charge in [0.2, 0.25) is 5.91 Å². The first-order valence-electron chi connectivity index (χ1n) is 10.7. The highest BCUT2D eigenvalue weighted by Crippen LogP contribution is 2.28. The van der Waals surface area contributed by atoms with E-state index in [0.29, 0.717) is 13.0 Å². The average molecular weight is 458 g/mol. The summed E-state index contributed by atoms with van der Waals surface area (Å²) in [5.41, 5.74) is 1.81. The van der Waals surface area contributed by atoms with Gasteiger partial charge in [-0.05, 0) is 43.2 Å². The molecule has 1 N–H and O–H groups in total. The highest BCUT2D eigenvalue weighted by molar-refractivity contribution is 5.94. The fraction of sp³-hybridized carbons (Fsp3) is 0.250. The number of methoxy groups -OCH3 is 1. The Labute approximate surface area is 196 Å². The van der Waals surface area contributed by atoms with Gasteiger partial charge in [-0.1, -0.05) is 0 Å². The van der Waals surface area contributed by atoms with E-state index in [2.05, 4.69) is 15.3 Å². The van der Waals surface area contributed by atoms with Crippen LogP contribution in [0, 0.1) is 27.4 Å². The number of anilines is 2. The Morgan fingerprint density at radius 1 is 1.24 bits per heavy atom. The smallest absolute Gasteiger partial charge is 0.270 e. The molecule has 1 aliphatic heterocycles. The number of amides is 1. The van der Waals surface area contributed by atoms with Crippen LogP contribution < -0.4 is 15.0 Å². The number of rotatable bonds is 6. The Balaban J connectivity index is 1.48. The first kappa shape index (κ1) is 22.7. The molecule has 172 valence electrons. The minimum absolute atomic E-state index is 0.0511. The number of carbonyl (C=O) groups excluding carboxylic acids is 1. The van der Waals surface area contributed by atoms with E-state index >= 15 is 0 Å². The van der Waals surface area contributed by atoms with Gasteiger partial charge < -0.3 is 15.0 Å². The quantitative estimate of drug-likeness (QED) is 0.435. The molecule has 4 rings (SSSR count). The number of hydrogen-bond donors (Lipinski definition) is 1. The number of nitrogens with zero attached hydrogens (tertiary/aromatic N) is 5. The van der Waals surface area contributed by atoms with Crippen LogP contribution >= 0.6 is 0 Å². The van der Waals surface area contributed by atoms with E-state index in [4.69, 9.17) is 4.74 Å². The summed E-state index contributed by atoms with van der Waals surface area (Å²) in [5.74, 6) is 0.927. The summed E-state index contributed by atoms with van der Waals surface area (Å²) in [4.78, 5) is 34.2. The van der Waals surface area contributed by atoms with Crippen molar-refractivity contribution in [2.75, 3.05) is 30.4 Å². The highest BCUT2D eigenvalue weighted by Gasteiger charge is 2.27. The van der Waals surface area contributed by atoms with Gasteiger partial charge in [-0.25, -0.2) is 9.97 Å². The van der Waals surface area contributed by atoms with Crippen LogP contribution in [0.25, 0.3) is 11.3 Å². The largest absolute Gasteiger partial charge is 0.497 e. The molecule has 2 heterocycles. The number of hydrogen-bond acceptors (Lipinski definition) is 8. The standard InChI is InChI=1S/C24H22N6O4/c1-34-20-7-4-16(5-8-20)22-12-23(27-15-26-22)29-10-2-3-17(14-29)24(31)28-21-9-6-19(30(32)33)11-18(21)13-25/h4-9,11-12,15,17H,2-3,10,14H2,1H3,(H,28,31). The fourth-order valence-electron chi connectivity index (χ4n) is 3.92. The molecular weight excluding hydrogens is 436 g/mol. The molecular formula is C24H22N6O4. The van der Waals surface area contributed by atoms with Gasteiger partial charge in [-0.2, -0.15) is 5.26 Å². The molecule has 1 unspecified atom stereocenters. The van der Waals surface area contributed by atoms with Crippen LogP contribution in [0.4, 0.5) is 17.2 Å². The van der Waals surface area contributed by atoms with Crippen LogP contribution in [-0.4, -0.2) is 41.0 Å². The van der Waals surface area contributed by atoms with Crippen LogP contribution in [0.5, 0.6) is 5.75 Å². The van der Waals surface area contributed by atoms with Gasteiger partial charge in [0.25, 0.3) is 5.69 Å². The Morgan fingerprint density at radius 3 is 2.74 bits per heavy atom. The van der Waals surface area contributed by atoms with Crippen molar-refractivity contribution >= 4 is 23.1 Å². The molecule has 0 aliphatic carbocycles. The van der Waals surface area contributed by atoms with Crippen molar-refractivity contribution in [2.45, 2.75) is 12.8 Å². The minimum atomic E-state index is -0.576. The summed E-state index contributed by atoms with van der Waals surface area (Å²) in [6.07, 6.45) is 2.99. The number of nitro benzene ring substituents is 1. The lowest BCUT2D eigenvalue weighted by atomic mass is 9.96. The SMILES string of the molecule is COc1ccc(-c2cc(N3CCCC(C(=O)Nc4ccc([N+](=O)[O-])cc4C#N)C3)ncn2)cc1. The summed E-state index contributed by atoms with van der Waals surface area (Å²) in [6.45, 7) is 1.21. The van der Waals surface area contributed by atoms with Gasteiger partial charge in [0.05, 0.1) is 34.9 Å². The molecule has 10 heteroatoms. The van der Waals surface area contributed by atoms with Crippen molar-refractivity contribution < 1.29 is 14.5 Å². The third kappa shape index (κ3) is 4.94. The summed E-state index contributed by atoms with van der Waals surface area (Å²) >= 11 is 0. The molecule has 1 fully saturated rings. The first-order valence-corrected chi connectivity index (χ1v) is 10.7. The molecule has 0 bridgehead atoms. The Bertz CT molecular complexity index is 1260. The lowest BCUT2D eigenvalue weighted by Crippen LogP contribution is -2.41.